The summed E-state index contributed by atoms with van der Waals surface area (Å²) in [5.74, 6) is 0.462. The molecule has 0 aliphatic rings. The van der Waals surface area contributed by atoms with Crippen molar-refractivity contribution in [1.82, 2.24) is 9.97 Å². The van der Waals surface area contributed by atoms with Crippen molar-refractivity contribution in [3.63, 3.8) is 0 Å². The van der Waals surface area contributed by atoms with Crippen LogP contribution < -0.4 is 9.47 Å². The average molecular weight is 326 g/mol. The van der Waals surface area contributed by atoms with Crippen molar-refractivity contribution in [2.45, 2.75) is 0 Å². The number of hydrogen-bond acceptors (Lipinski definition) is 6. The Morgan fingerprint density at radius 2 is 2.00 bits per heavy atom. The van der Waals surface area contributed by atoms with E-state index in [1.165, 1.54) is 37.7 Å². The molecule has 0 atom stereocenters. The fraction of sp³-hybridized carbons (Fsp3) is 0.0909. The molecule has 0 aliphatic heterocycles. The van der Waals surface area contributed by atoms with Gasteiger partial charge in [-0.1, -0.05) is 0 Å². The number of ether oxygens (including phenoxy) is 2. The first-order valence-electron chi connectivity index (χ1n) is 5.08. The minimum absolute atomic E-state index is 0.0135. The predicted octanol–water partition coefficient (Wildman–Crippen LogP) is 2.95. The molecule has 2 aromatic rings. The Labute approximate surface area is 116 Å². The third kappa shape index (κ3) is 3.16. The van der Waals surface area contributed by atoms with Crippen LogP contribution in [0.1, 0.15) is 0 Å². The summed E-state index contributed by atoms with van der Waals surface area (Å²) in [4.78, 5) is 18.1. The van der Waals surface area contributed by atoms with Gasteiger partial charge < -0.3 is 9.47 Å². The SMILES string of the molecule is COc1ccc([N+](=O)[O-])c(Oc2ncc(Br)cn2)c1. The highest BCUT2D eigenvalue weighted by Gasteiger charge is 2.17. The first-order chi connectivity index (χ1) is 9.10. The van der Waals surface area contributed by atoms with E-state index in [1.54, 1.807) is 0 Å². The van der Waals surface area contributed by atoms with Crippen LogP contribution in [0.4, 0.5) is 5.69 Å². The van der Waals surface area contributed by atoms with Crippen LogP contribution in [0.15, 0.2) is 35.1 Å². The molecule has 98 valence electrons. The van der Waals surface area contributed by atoms with E-state index in [0.717, 1.165) is 0 Å². The lowest BCUT2D eigenvalue weighted by Gasteiger charge is -2.06. The normalized spacial score (nSPS) is 10.0. The average Bonchev–Trinajstić information content (AvgIpc) is 2.41. The van der Waals surface area contributed by atoms with E-state index in [4.69, 9.17) is 9.47 Å². The third-order valence-electron chi connectivity index (χ3n) is 2.16. The summed E-state index contributed by atoms with van der Waals surface area (Å²) < 4.78 is 11.0. The number of rotatable bonds is 4. The summed E-state index contributed by atoms with van der Waals surface area (Å²) in [6.45, 7) is 0. The van der Waals surface area contributed by atoms with Crippen LogP contribution >= 0.6 is 15.9 Å². The molecule has 0 amide bonds. The first kappa shape index (κ1) is 13.2. The van der Waals surface area contributed by atoms with Gasteiger partial charge in [-0.2, -0.15) is 0 Å². The van der Waals surface area contributed by atoms with Crippen LogP contribution in [0.2, 0.25) is 0 Å². The van der Waals surface area contributed by atoms with E-state index in [1.807, 2.05) is 0 Å². The van der Waals surface area contributed by atoms with E-state index in [-0.39, 0.29) is 17.4 Å². The summed E-state index contributed by atoms with van der Waals surface area (Å²) >= 11 is 3.18. The molecule has 1 aromatic heterocycles. The molecular weight excluding hydrogens is 318 g/mol. The number of methoxy groups -OCH3 is 1. The number of hydrogen-bond donors (Lipinski definition) is 0. The molecule has 0 spiro atoms. The Morgan fingerprint density at radius 1 is 1.32 bits per heavy atom. The van der Waals surface area contributed by atoms with Gasteiger partial charge in [0.2, 0.25) is 5.75 Å². The molecule has 0 radical (unpaired) electrons. The van der Waals surface area contributed by atoms with Crippen molar-refractivity contribution < 1.29 is 14.4 Å². The topological polar surface area (TPSA) is 87.4 Å². The zero-order chi connectivity index (χ0) is 13.8. The van der Waals surface area contributed by atoms with Crippen LogP contribution in [0, 0.1) is 10.1 Å². The Balaban J connectivity index is 2.36. The third-order valence-corrected chi connectivity index (χ3v) is 2.57. The Kier molecular flexibility index (Phi) is 3.91. The van der Waals surface area contributed by atoms with Crippen molar-refractivity contribution in [2.75, 3.05) is 7.11 Å². The Bertz CT molecular complexity index is 603. The second kappa shape index (κ2) is 5.61. The van der Waals surface area contributed by atoms with Crippen LogP contribution in [0.25, 0.3) is 0 Å². The molecule has 7 nitrogen and oxygen atoms in total. The Hall–Kier alpha value is -2.22. The highest BCUT2D eigenvalue weighted by Crippen LogP contribution is 2.33. The van der Waals surface area contributed by atoms with Crippen molar-refractivity contribution in [1.29, 1.82) is 0 Å². The van der Waals surface area contributed by atoms with Gasteiger partial charge in [-0.15, -0.1) is 0 Å². The van der Waals surface area contributed by atoms with Crippen molar-refractivity contribution in [3.05, 3.63) is 45.2 Å². The molecule has 0 unspecified atom stereocenters. The van der Waals surface area contributed by atoms with Crippen molar-refractivity contribution in [2.24, 2.45) is 0 Å². The molecule has 0 fully saturated rings. The summed E-state index contributed by atoms with van der Waals surface area (Å²) in [6, 6.07) is 4.20. The number of halogens is 1. The van der Waals surface area contributed by atoms with E-state index in [0.29, 0.717) is 10.2 Å². The zero-order valence-electron chi connectivity index (χ0n) is 9.74. The largest absolute Gasteiger partial charge is 0.497 e. The van der Waals surface area contributed by atoms with Gasteiger partial charge in [-0.25, -0.2) is 9.97 Å². The lowest BCUT2D eigenvalue weighted by molar-refractivity contribution is -0.385. The standard InChI is InChI=1S/C11H8BrN3O4/c1-18-8-2-3-9(15(16)17)10(4-8)19-11-13-5-7(12)6-14-11/h2-6H,1H3. The smallest absolute Gasteiger partial charge is 0.322 e. The predicted molar refractivity (Wildman–Crippen MR) is 69.5 cm³/mol. The number of nitro benzene ring substituents is 1. The maximum absolute atomic E-state index is 10.9. The molecule has 0 aliphatic carbocycles. The second-order valence-corrected chi connectivity index (χ2v) is 4.29. The van der Waals surface area contributed by atoms with Gasteiger partial charge in [0.25, 0.3) is 0 Å². The molecule has 1 heterocycles. The van der Waals surface area contributed by atoms with E-state index in [9.17, 15) is 10.1 Å². The Morgan fingerprint density at radius 3 is 2.58 bits per heavy atom. The highest BCUT2D eigenvalue weighted by atomic mass is 79.9. The lowest BCUT2D eigenvalue weighted by Crippen LogP contribution is -1.97. The minimum atomic E-state index is -0.548. The van der Waals surface area contributed by atoms with Gasteiger partial charge in [0.05, 0.1) is 16.5 Å². The summed E-state index contributed by atoms with van der Waals surface area (Å²) in [7, 11) is 1.46. The number of nitrogens with zero attached hydrogens (tertiary/aromatic N) is 3. The summed E-state index contributed by atoms with van der Waals surface area (Å²) in [6.07, 6.45) is 2.96. The number of aromatic nitrogens is 2. The lowest BCUT2D eigenvalue weighted by atomic mass is 10.3. The van der Waals surface area contributed by atoms with Crippen LogP contribution in [-0.2, 0) is 0 Å². The maximum atomic E-state index is 10.9. The maximum Gasteiger partial charge on any atom is 0.322 e. The fourth-order valence-corrected chi connectivity index (χ4v) is 1.51. The van der Waals surface area contributed by atoms with Crippen molar-refractivity contribution >= 4 is 21.6 Å². The molecule has 0 saturated heterocycles. The molecule has 2 rings (SSSR count). The summed E-state index contributed by atoms with van der Waals surface area (Å²) in [5, 5.41) is 10.9. The van der Waals surface area contributed by atoms with E-state index in [2.05, 4.69) is 25.9 Å². The molecule has 0 saturated carbocycles. The fourth-order valence-electron chi connectivity index (χ4n) is 1.31. The van der Waals surface area contributed by atoms with Crippen molar-refractivity contribution in [3.8, 4) is 17.5 Å². The molecule has 1 aromatic carbocycles. The van der Waals surface area contributed by atoms with Crippen LogP contribution in [-0.4, -0.2) is 22.0 Å². The second-order valence-electron chi connectivity index (χ2n) is 3.38. The molecule has 0 bridgehead atoms. The zero-order valence-corrected chi connectivity index (χ0v) is 11.3. The number of benzene rings is 1. The van der Waals surface area contributed by atoms with E-state index < -0.39 is 4.92 Å². The molecular formula is C11H8BrN3O4. The van der Waals surface area contributed by atoms with Crippen LogP contribution in [0.3, 0.4) is 0 Å². The summed E-state index contributed by atoms with van der Waals surface area (Å²) in [5.41, 5.74) is -0.188. The van der Waals surface area contributed by atoms with Gasteiger partial charge in [-0.05, 0) is 22.0 Å². The van der Waals surface area contributed by atoms with Gasteiger partial charge >= 0.3 is 11.7 Å². The number of nitro groups is 1. The minimum Gasteiger partial charge on any atom is -0.497 e. The van der Waals surface area contributed by atoms with Gasteiger partial charge in [0, 0.05) is 24.5 Å². The van der Waals surface area contributed by atoms with Gasteiger partial charge in [-0.3, -0.25) is 10.1 Å². The van der Waals surface area contributed by atoms with Gasteiger partial charge in [0.1, 0.15) is 5.75 Å². The molecule has 19 heavy (non-hydrogen) atoms. The first-order valence-corrected chi connectivity index (χ1v) is 5.87. The quantitative estimate of drug-likeness (QED) is 0.634. The van der Waals surface area contributed by atoms with E-state index >= 15 is 0 Å². The monoisotopic (exact) mass is 325 g/mol. The molecule has 8 heteroatoms. The molecule has 0 N–H and O–H groups in total. The highest BCUT2D eigenvalue weighted by molar-refractivity contribution is 9.10. The van der Waals surface area contributed by atoms with Crippen LogP contribution in [0.5, 0.6) is 17.5 Å². The van der Waals surface area contributed by atoms with Gasteiger partial charge in [0.15, 0.2) is 0 Å².